The van der Waals surface area contributed by atoms with Crippen LogP contribution in [0.3, 0.4) is 0 Å². The highest BCUT2D eigenvalue weighted by Crippen LogP contribution is 2.37. The van der Waals surface area contributed by atoms with Gasteiger partial charge in [-0.05, 0) is 25.7 Å². The van der Waals surface area contributed by atoms with Crippen LogP contribution in [0.2, 0.25) is 0 Å². The van der Waals surface area contributed by atoms with Crippen LogP contribution in [0.25, 0.3) is 11.5 Å². The molecule has 0 bridgehead atoms. The summed E-state index contributed by atoms with van der Waals surface area (Å²) in [7, 11) is 0. The monoisotopic (exact) mass is 343 g/mol. The molecule has 3 heterocycles. The Morgan fingerprint density at radius 1 is 1.16 bits per heavy atom. The van der Waals surface area contributed by atoms with Gasteiger partial charge in [0.2, 0.25) is 0 Å². The van der Waals surface area contributed by atoms with Gasteiger partial charge in [-0.15, -0.1) is 0 Å². The first-order chi connectivity index (χ1) is 12.2. The van der Waals surface area contributed by atoms with Crippen LogP contribution in [0.1, 0.15) is 77.0 Å². The lowest BCUT2D eigenvalue weighted by molar-refractivity contribution is 0.534. The fourth-order valence-corrected chi connectivity index (χ4v) is 4.34. The van der Waals surface area contributed by atoms with Gasteiger partial charge in [-0.3, -0.25) is 9.13 Å². The van der Waals surface area contributed by atoms with E-state index in [4.69, 9.17) is 9.97 Å². The molecule has 1 aliphatic carbocycles. The van der Waals surface area contributed by atoms with Crippen LogP contribution in [0.4, 0.5) is 5.82 Å². The van der Waals surface area contributed by atoms with Gasteiger partial charge in [-0.1, -0.05) is 39.5 Å². The second-order valence-electron chi connectivity index (χ2n) is 7.61. The Kier molecular flexibility index (Phi) is 4.52. The first kappa shape index (κ1) is 16.6. The van der Waals surface area contributed by atoms with Crippen molar-refractivity contribution in [1.82, 2.24) is 19.1 Å². The van der Waals surface area contributed by atoms with Crippen molar-refractivity contribution in [3.63, 3.8) is 0 Å². The van der Waals surface area contributed by atoms with E-state index in [2.05, 4.69) is 19.2 Å². The van der Waals surface area contributed by atoms with Crippen molar-refractivity contribution in [1.29, 1.82) is 0 Å². The molecule has 3 aliphatic heterocycles. The zero-order chi connectivity index (χ0) is 17.4. The summed E-state index contributed by atoms with van der Waals surface area (Å²) in [4.78, 5) is 22.8. The number of anilines is 1. The van der Waals surface area contributed by atoms with Crippen molar-refractivity contribution in [2.45, 2.75) is 90.3 Å². The molecular weight excluding hydrogens is 314 g/mol. The SMILES string of the molecule is CCCCC1Cn2c(c3nc(C4CCCC4)nc-3n(CCC)c2=O)N1. The molecule has 0 aromatic rings. The van der Waals surface area contributed by atoms with Crippen LogP contribution in [0.5, 0.6) is 0 Å². The van der Waals surface area contributed by atoms with Crippen molar-refractivity contribution in [2.24, 2.45) is 0 Å². The molecule has 1 atom stereocenters. The van der Waals surface area contributed by atoms with Crippen molar-refractivity contribution in [3.8, 4) is 11.5 Å². The fourth-order valence-electron chi connectivity index (χ4n) is 4.34. The second kappa shape index (κ2) is 6.81. The van der Waals surface area contributed by atoms with Crippen molar-refractivity contribution >= 4 is 5.82 Å². The normalized spacial score (nSPS) is 20.3. The lowest BCUT2D eigenvalue weighted by Crippen LogP contribution is -2.32. The van der Waals surface area contributed by atoms with Gasteiger partial charge in [0, 0.05) is 25.0 Å². The summed E-state index contributed by atoms with van der Waals surface area (Å²) < 4.78 is 3.74. The summed E-state index contributed by atoms with van der Waals surface area (Å²) in [6.07, 6.45) is 9.26. The van der Waals surface area contributed by atoms with Crippen LogP contribution < -0.4 is 11.0 Å². The van der Waals surface area contributed by atoms with E-state index in [1.54, 1.807) is 0 Å². The van der Waals surface area contributed by atoms with Crippen LogP contribution in [-0.2, 0) is 13.1 Å². The molecule has 6 heteroatoms. The standard InChI is InChI=1S/C19H29N5O/c1-3-5-10-14-12-24-17(20-14)15-18(23(11-4-2)19(24)25)22-16(21-15)13-8-6-7-9-13/h13-14,20H,3-12H2,1-2H3. The summed E-state index contributed by atoms with van der Waals surface area (Å²) in [5, 5.41) is 3.57. The van der Waals surface area contributed by atoms with Gasteiger partial charge >= 0.3 is 5.69 Å². The third kappa shape index (κ3) is 2.85. The van der Waals surface area contributed by atoms with Gasteiger partial charge in [0.25, 0.3) is 0 Å². The molecule has 4 rings (SSSR count). The number of hydrogen-bond donors (Lipinski definition) is 1. The van der Waals surface area contributed by atoms with Gasteiger partial charge < -0.3 is 5.32 Å². The lowest BCUT2D eigenvalue weighted by Gasteiger charge is -2.13. The van der Waals surface area contributed by atoms with Crippen molar-refractivity contribution in [2.75, 3.05) is 5.32 Å². The molecule has 0 saturated heterocycles. The topological polar surface area (TPSA) is 64.7 Å². The van der Waals surface area contributed by atoms with E-state index >= 15 is 0 Å². The quantitative estimate of drug-likeness (QED) is 0.870. The molecule has 1 N–H and O–H groups in total. The third-order valence-electron chi connectivity index (χ3n) is 5.69. The largest absolute Gasteiger partial charge is 0.365 e. The maximum Gasteiger partial charge on any atom is 0.331 e. The van der Waals surface area contributed by atoms with Gasteiger partial charge in [0.1, 0.15) is 17.3 Å². The number of rotatable bonds is 6. The molecule has 0 amide bonds. The zero-order valence-electron chi connectivity index (χ0n) is 15.4. The van der Waals surface area contributed by atoms with E-state index in [1.807, 2.05) is 9.13 Å². The maximum absolute atomic E-state index is 13.0. The van der Waals surface area contributed by atoms with E-state index in [1.165, 1.54) is 38.5 Å². The van der Waals surface area contributed by atoms with Crippen molar-refractivity contribution < 1.29 is 0 Å². The molecule has 0 spiro atoms. The Morgan fingerprint density at radius 3 is 2.68 bits per heavy atom. The predicted octanol–water partition coefficient (Wildman–Crippen LogP) is 3.60. The maximum atomic E-state index is 13.0. The molecule has 136 valence electrons. The highest BCUT2D eigenvalue weighted by molar-refractivity contribution is 5.69. The molecule has 1 unspecified atom stereocenters. The van der Waals surface area contributed by atoms with E-state index in [-0.39, 0.29) is 5.69 Å². The number of aromatic nitrogens is 4. The molecule has 0 radical (unpaired) electrons. The Morgan fingerprint density at radius 2 is 1.96 bits per heavy atom. The summed E-state index contributed by atoms with van der Waals surface area (Å²) in [5.74, 6) is 3.09. The molecule has 4 aliphatic rings. The minimum atomic E-state index is 0.0636. The zero-order valence-corrected chi connectivity index (χ0v) is 15.4. The minimum absolute atomic E-state index is 0.0636. The Hall–Kier alpha value is -1.85. The minimum Gasteiger partial charge on any atom is -0.365 e. The number of unbranched alkanes of at least 4 members (excludes halogenated alkanes) is 1. The Balaban J connectivity index is 1.78. The van der Waals surface area contributed by atoms with Crippen molar-refractivity contribution in [3.05, 3.63) is 16.3 Å². The highest BCUT2D eigenvalue weighted by atomic mass is 16.1. The number of fused-ring (bicyclic) bond motifs is 3. The number of hydrogen-bond acceptors (Lipinski definition) is 4. The molecule has 0 aromatic heterocycles. The number of nitrogens with zero attached hydrogens (tertiary/aromatic N) is 4. The predicted molar refractivity (Wildman–Crippen MR) is 99.3 cm³/mol. The molecule has 1 saturated carbocycles. The van der Waals surface area contributed by atoms with E-state index in [0.717, 1.165) is 42.5 Å². The van der Waals surface area contributed by atoms with E-state index in [0.29, 0.717) is 18.5 Å². The summed E-state index contributed by atoms with van der Waals surface area (Å²) in [6, 6.07) is 0.333. The van der Waals surface area contributed by atoms with Gasteiger partial charge in [-0.25, -0.2) is 14.8 Å². The summed E-state index contributed by atoms with van der Waals surface area (Å²) in [5.41, 5.74) is 0.961. The van der Waals surface area contributed by atoms with Gasteiger partial charge in [0.15, 0.2) is 5.82 Å². The average molecular weight is 343 g/mol. The van der Waals surface area contributed by atoms with E-state index < -0.39 is 0 Å². The molecule has 6 nitrogen and oxygen atoms in total. The highest BCUT2D eigenvalue weighted by Gasteiger charge is 2.33. The second-order valence-corrected chi connectivity index (χ2v) is 7.61. The first-order valence-corrected chi connectivity index (χ1v) is 10.00. The molecule has 0 aromatic carbocycles. The molecule has 25 heavy (non-hydrogen) atoms. The van der Waals surface area contributed by atoms with Crippen LogP contribution in [0, 0.1) is 0 Å². The third-order valence-corrected chi connectivity index (χ3v) is 5.69. The molecule has 1 fully saturated rings. The lowest BCUT2D eigenvalue weighted by atomic mass is 10.1. The number of nitrogens with one attached hydrogen (secondary N) is 1. The van der Waals surface area contributed by atoms with Gasteiger partial charge in [-0.2, -0.15) is 0 Å². The van der Waals surface area contributed by atoms with E-state index in [9.17, 15) is 4.79 Å². The smallest absolute Gasteiger partial charge is 0.331 e. The summed E-state index contributed by atoms with van der Waals surface area (Å²) >= 11 is 0. The summed E-state index contributed by atoms with van der Waals surface area (Å²) in [6.45, 7) is 5.77. The van der Waals surface area contributed by atoms with Crippen LogP contribution in [-0.4, -0.2) is 25.1 Å². The Bertz CT molecular complexity index is 771. The van der Waals surface area contributed by atoms with Crippen LogP contribution in [0.15, 0.2) is 4.79 Å². The van der Waals surface area contributed by atoms with Crippen LogP contribution >= 0.6 is 0 Å². The Labute approximate surface area is 149 Å². The number of imidazole rings is 1. The average Bonchev–Trinajstić information content (AvgIpc) is 3.34. The first-order valence-electron chi connectivity index (χ1n) is 10.00. The fraction of sp³-hybridized carbons (Fsp3) is 0.737. The molecular formula is C19H29N5O. The van der Waals surface area contributed by atoms with Gasteiger partial charge in [0.05, 0.1) is 0 Å².